The van der Waals surface area contributed by atoms with E-state index in [-0.39, 0.29) is 0 Å². The Morgan fingerprint density at radius 3 is 1.55 bits per heavy atom. The second-order valence-electron chi connectivity index (χ2n) is 5.15. The molecule has 0 radical (unpaired) electrons. The van der Waals surface area contributed by atoms with Gasteiger partial charge in [0, 0.05) is 35.9 Å². The highest BCUT2D eigenvalue weighted by Gasteiger charge is 2.13. The van der Waals surface area contributed by atoms with Gasteiger partial charge in [-0.05, 0) is 37.1 Å². The zero-order valence-corrected chi connectivity index (χ0v) is 13.7. The maximum Gasteiger partial charge on any atom is 0.155 e. The van der Waals surface area contributed by atoms with Crippen molar-refractivity contribution in [2.45, 2.75) is 13.8 Å². The first-order chi connectivity index (χ1) is 10.7. The van der Waals surface area contributed by atoms with Gasteiger partial charge in [0.2, 0.25) is 0 Å². The lowest BCUT2D eigenvalue weighted by Crippen LogP contribution is -1.81. The molecule has 4 nitrogen and oxygen atoms in total. The van der Waals surface area contributed by atoms with Crippen molar-refractivity contribution in [1.29, 1.82) is 0 Å². The van der Waals surface area contributed by atoms with Crippen LogP contribution < -0.4 is 0 Å². The summed E-state index contributed by atoms with van der Waals surface area (Å²) in [5.41, 5.74) is 4.37. The molecule has 0 aliphatic carbocycles. The third kappa shape index (κ3) is 2.40. The fourth-order valence-corrected chi connectivity index (χ4v) is 4.24. The van der Waals surface area contributed by atoms with Gasteiger partial charge < -0.3 is 0 Å². The van der Waals surface area contributed by atoms with Crippen molar-refractivity contribution in [2.24, 2.45) is 0 Å². The monoisotopic (exact) mass is 324 g/mol. The molecule has 0 bridgehead atoms. The van der Waals surface area contributed by atoms with Crippen LogP contribution in [0.1, 0.15) is 11.1 Å². The normalized spacial score (nSPS) is 11.2. The van der Waals surface area contributed by atoms with Gasteiger partial charge in [-0.15, -0.1) is 0 Å². The van der Waals surface area contributed by atoms with E-state index >= 15 is 0 Å². The van der Waals surface area contributed by atoms with E-state index in [4.69, 9.17) is 9.97 Å². The molecular weight excluding hydrogens is 312 g/mol. The second-order valence-corrected chi connectivity index (χ2v) is 7.11. The molecule has 4 aromatic rings. The van der Waals surface area contributed by atoms with Crippen molar-refractivity contribution < 1.29 is 0 Å². The van der Waals surface area contributed by atoms with Gasteiger partial charge in [0.05, 0.1) is 0 Å². The van der Waals surface area contributed by atoms with Gasteiger partial charge in [0.1, 0.15) is 10.0 Å². The number of fused-ring (bicyclic) bond motifs is 1. The van der Waals surface area contributed by atoms with E-state index in [1.54, 1.807) is 22.7 Å². The highest BCUT2D eigenvalue weighted by molar-refractivity contribution is 7.29. The summed E-state index contributed by atoms with van der Waals surface area (Å²) >= 11 is 3.21. The maximum atomic E-state index is 4.71. The number of rotatable bonds is 2. The number of aryl methyl sites for hydroxylation is 2. The van der Waals surface area contributed by atoms with Crippen molar-refractivity contribution in [2.75, 3.05) is 0 Å². The highest BCUT2D eigenvalue weighted by atomic mass is 32.1. The molecule has 4 heterocycles. The number of thiazole rings is 2. The van der Waals surface area contributed by atoms with E-state index in [1.807, 2.05) is 38.6 Å². The van der Waals surface area contributed by atoms with Crippen molar-refractivity contribution in [1.82, 2.24) is 19.9 Å². The molecule has 4 rings (SSSR count). The smallest absolute Gasteiger partial charge is 0.155 e. The third-order valence-corrected chi connectivity index (χ3v) is 5.35. The first-order valence-electron chi connectivity index (χ1n) is 6.80. The van der Waals surface area contributed by atoms with E-state index in [1.165, 1.54) is 0 Å². The summed E-state index contributed by atoms with van der Waals surface area (Å²) in [6.07, 6.45) is 7.39. The summed E-state index contributed by atoms with van der Waals surface area (Å²) in [7, 11) is 0. The van der Waals surface area contributed by atoms with Gasteiger partial charge in [-0.3, -0.25) is 9.97 Å². The molecule has 22 heavy (non-hydrogen) atoms. The lowest BCUT2D eigenvalue weighted by molar-refractivity contribution is 1.27. The maximum absolute atomic E-state index is 4.71. The van der Waals surface area contributed by atoms with Crippen LogP contribution in [-0.2, 0) is 0 Å². The summed E-state index contributed by atoms with van der Waals surface area (Å²) < 4.78 is 0. The number of hydrogen-bond acceptors (Lipinski definition) is 6. The Balaban J connectivity index is 1.77. The van der Waals surface area contributed by atoms with Gasteiger partial charge in [-0.2, -0.15) is 0 Å². The van der Waals surface area contributed by atoms with Crippen LogP contribution in [0.2, 0.25) is 0 Å². The van der Waals surface area contributed by atoms with E-state index in [9.17, 15) is 0 Å². The average molecular weight is 324 g/mol. The molecular formula is C16H12N4S2. The van der Waals surface area contributed by atoms with Crippen LogP contribution in [0, 0.1) is 13.8 Å². The number of pyridine rings is 2. The van der Waals surface area contributed by atoms with E-state index in [2.05, 4.69) is 22.1 Å². The van der Waals surface area contributed by atoms with Gasteiger partial charge in [-0.25, -0.2) is 9.97 Å². The zero-order valence-electron chi connectivity index (χ0n) is 12.1. The van der Waals surface area contributed by atoms with Gasteiger partial charge >= 0.3 is 0 Å². The van der Waals surface area contributed by atoms with Crippen molar-refractivity contribution in [3.05, 3.63) is 48.0 Å². The summed E-state index contributed by atoms with van der Waals surface area (Å²) in [5, 5.41) is 1.94. The van der Waals surface area contributed by atoms with E-state index < -0.39 is 0 Å². The molecule has 0 fully saturated rings. The summed E-state index contributed by atoms with van der Waals surface area (Å²) in [4.78, 5) is 19.8. The minimum absolute atomic E-state index is 0.970. The van der Waals surface area contributed by atoms with Crippen molar-refractivity contribution >= 4 is 32.3 Å². The number of hydrogen-bond donors (Lipinski definition) is 0. The molecule has 108 valence electrons. The summed E-state index contributed by atoms with van der Waals surface area (Å²) in [5.74, 6) is 0. The Kier molecular flexibility index (Phi) is 3.20. The molecule has 0 aromatic carbocycles. The molecule has 0 saturated carbocycles. The molecule has 0 aliphatic heterocycles. The van der Waals surface area contributed by atoms with Gasteiger partial charge in [0.15, 0.2) is 9.66 Å². The lowest BCUT2D eigenvalue weighted by atomic mass is 10.2. The van der Waals surface area contributed by atoms with Gasteiger partial charge in [-0.1, -0.05) is 22.7 Å². The van der Waals surface area contributed by atoms with Crippen LogP contribution in [0.25, 0.3) is 30.8 Å². The van der Waals surface area contributed by atoms with E-state index in [0.29, 0.717) is 0 Å². The molecule has 0 amide bonds. The molecule has 0 saturated heterocycles. The van der Waals surface area contributed by atoms with Crippen LogP contribution in [0.5, 0.6) is 0 Å². The fourth-order valence-electron chi connectivity index (χ4n) is 2.23. The average Bonchev–Trinajstić information content (AvgIpc) is 3.05. The third-order valence-electron chi connectivity index (χ3n) is 3.22. The minimum atomic E-state index is 0.970. The summed E-state index contributed by atoms with van der Waals surface area (Å²) in [6.45, 7) is 4.07. The van der Waals surface area contributed by atoms with Crippen LogP contribution >= 0.6 is 22.7 Å². The summed E-state index contributed by atoms with van der Waals surface area (Å²) in [6, 6.07) is 4.20. The van der Waals surface area contributed by atoms with Crippen LogP contribution in [0.15, 0.2) is 36.9 Å². The highest BCUT2D eigenvalue weighted by Crippen LogP contribution is 2.36. The predicted molar refractivity (Wildman–Crippen MR) is 91.2 cm³/mol. The standard InChI is InChI=1S/C16H12N4S2/c1-9-3-11(7-17-5-9)13-19-15-16(21-13)20-14(22-15)12-4-10(2)6-18-8-12/h3-8H,1-2H3. The molecule has 4 aromatic heterocycles. The molecule has 0 atom stereocenters. The van der Waals surface area contributed by atoms with Crippen LogP contribution in [-0.4, -0.2) is 19.9 Å². The van der Waals surface area contributed by atoms with E-state index in [0.717, 1.165) is 41.9 Å². The fraction of sp³-hybridized carbons (Fsp3) is 0.125. The lowest BCUT2D eigenvalue weighted by Gasteiger charge is -1.97. The predicted octanol–water partition coefficient (Wildman–Crippen LogP) is 4.49. The number of aromatic nitrogens is 4. The number of nitrogens with zero attached hydrogens (tertiary/aromatic N) is 4. The quantitative estimate of drug-likeness (QED) is 0.545. The Morgan fingerprint density at radius 2 is 1.14 bits per heavy atom. The molecule has 0 spiro atoms. The minimum Gasteiger partial charge on any atom is -0.264 e. The Morgan fingerprint density at radius 1 is 0.682 bits per heavy atom. The molecule has 0 aliphatic rings. The molecule has 0 N–H and O–H groups in total. The Hall–Kier alpha value is -2.18. The second kappa shape index (κ2) is 5.23. The van der Waals surface area contributed by atoms with Gasteiger partial charge in [0.25, 0.3) is 0 Å². The van der Waals surface area contributed by atoms with Crippen LogP contribution in [0.4, 0.5) is 0 Å². The Bertz CT molecular complexity index is 865. The zero-order chi connectivity index (χ0) is 15.1. The largest absolute Gasteiger partial charge is 0.264 e. The first-order valence-corrected chi connectivity index (χ1v) is 8.44. The SMILES string of the molecule is Cc1cncc(-c2nc3sc(-c4cncc(C)c4)nc3s2)c1. The molecule has 0 unspecified atom stereocenters. The Labute approximate surface area is 135 Å². The van der Waals surface area contributed by atoms with Crippen molar-refractivity contribution in [3.8, 4) is 21.1 Å². The van der Waals surface area contributed by atoms with Crippen molar-refractivity contribution in [3.63, 3.8) is 0 Å². The molecule has 6 heteroatoms. The topological polar surface area (TPSA) is 51.6 Å². The first kappa shape index (κ1) is 13.5. The van der Waals surface area contributed by atoms with Crippen LogP contribution in [0.3, 0.4) is 0 Å².